The maximum Gasteiger partial charge on any atom is 0.240 e. The number of nitrogens with zero attached hydrogens (tertiary/aromatic N) is 3. The monoisotopic (exact) mass is 442 g/mol. The molecular formula is C23H30N4O3S. The van der Waals surface area contributed by atoms with Crippen molar-refractivity contribution in [3.8, 4) is 0 Å². The van der Waals surface area contributed by atoms with Gasteiger partial charge in [-0.25, -0.2) is 8.42 Å². The Morgan fingerprint density at radius 3 is 1.94 bits per heavy atom. The number of carbonyl (C=O) groups excluding carboxylic acids is 1. The molecule has 0 aliphatic carbocycles. The van der Waals surface area contributed by atoms with E-state index in [9.17, 15) is 13.2 Å². The molecule has 0 saturated carbocycles. The third-order valence-electron chi connectivity index (χ3n) is 6.56. The summed E-state index contributed by atoms with van der Waals surface area (Å²) in [6.45, 7) is 3.71. The molecule has 2 aliphatic rings. The Bertz CT molecular complexity index is 982. The van der Waals surface area contributed by atoms with Crippen LogP contribution in [0.4, 0.5) is 5.69 Å². The van der Waals surface area contributed by atoms with Crippen molar-refractivity contribution in [2.24, 2.45) is 5.73 Å². The number of para-hydroxylation sites is 1. The fourth-order valence-corrected chi connectivity index (χ4v) is 6.71. The summed E-state index contributed by atoms with van der Waals surface area (Å²) >= 11 is 0. The van der Waals surface area contributed by atoms with Crippen LogP contribution in [-0.4, -0.2) is 67.5 Å². The SMILES string of the molecule is NC(=O)C1(S(=O)(=O)N2CCN(c3ccccc3)CC2)CCN(Cc2ccccc2)CC1. The van der Waals surface area contributed by atoms with Gasteiger partial charge >= 0.3 is 0 Å². The topological polar surface area (TPSA) is 86.9 Å². The van der Waals surface area contributed by atoms with Gasteiger partial charge in [0.05, 0.1) is 0 Å². The number of amides is 1. The average Bonchev–Trinajstić information content (AvgIpc) is 2.81. The van der Waals surface area contributed by atoms with Gasteiger partial charge in [-0.1, -0.05) is 48.5 Å². The predicted molar refractivity (Wildman–Crippen MR) is 122 cm³/mol. The number of piperazine rings is 1. The van der Waals surface area contributed by atoms with Gasteiger partial charge in [-0.05, 0) is 30.5 Å². The fraction of sp³-hybridized carbons (Fsp3) is 0.435. The van der Waals surface area contributed by atoms with E-state index >= 15 is 0 Å². The lowest BCUT2D eigenvalue weighted by Gasteiger charge is -2.43. The summed E-state index contributed by atoms with van der Waals surface area (Å²) in [7, 11) is -3.84. The van der Waals surface area contributed by atoms with E-state index in [1.165, 1.54) is 9.87 Å². The molecule has 7 nitrogen and oxygen atoms in total. The van der Waals surface area contributed by atoms with Crippen molar-refractivity contribution in [1.82, 2.24) is 9.21 Å². The molecule has 0 atom stereocenters. The molecule has 4 rings (SSSR count). The Morgan fingerprint density at radius 1 is 0.839 bits per heavy atom. The van der Waals surface area contributed by atoms with Crippen LogP contribution in [0.15, 0.2) is 60.7 Å². The van der Waals surface area contributed by atoms with Crippen LogP contribution in [0.25, 0.3) is 0 Å². The number of piperidine rings is 1. The molecule has 1 amide bonds. The van der Waals surface area contributed by atoms with Crippen LogP contribution in [0.1, 0.15) is 18.4 Å². The lowest BCUT2D eigenvalue weighted by atomic mass is 9.94. The normalized spacial score (nSPS) is 20.5. The summed E-state index contributed by atoms with van der Waals surface area (Å²) in [5.74, 6) is -0.725. The predicted octanol–water partition coefficient (Wildman–Crippen LogP) is 1.66. The summed E-state index contributed by atoms with van der Waals surface area (Å²) in [6, 6.07) is 20.0. The molecule has 0 radical (unpaired) electrons. The molecule has 0 unspecified atom stereocenters. The van der Waals surface area contributed by atoms with E-state index in [2.05, 4.69) is 21.9 Å². The maximum atomic E-state index is 13.6. The molecule has 2 saturated heterocycles. The lowest BCUT2D eigenvalue weighted by Crippen LogP contribution is -2.63. The maximum absolute atomic E-state index is 13.6. The van der Waals surface area contributed by atoms with E-state index in [-0.39, 0.29) is 12.8 Å². The third kappa shape index (κ3) is 4.33. The van der Waals surface area contributed by atoms with Gasteiger partial charge in [0.25, 0.3) is 0 Å². The minimum Gasteiger partial charge on any atom is -0.369 e. The number of nitrogens with two attached hydrogens (primary N) is 1. The van der Waals surface area contributed by atoms with E-state index in [4.69, 9.17) is 5.73 Å². The highest BCUT2D eigenvalue weighted by molar-refractivity contribution is 7.91. The first-order chi connectivity index (χ1) is 14.9. The van der Waals surface area contributed by atoms with Crippen LogP contribution in [0.3, 0.4) is 0 Å². The van der Waals surface area contributed by atoms with Gasteiger partial charge in [-0.15, -0.1) is 0 Å². The Morgan fingerprint density at radius 2 is 1.39 bits per heavy atom. The van der Waals surface area contributed by atoms with E-state index < -0.39 is 20.7 Å². The number of carbonyl (C=O) groups is 1. The van der Waals surface area contributed by atoms with Crippen LogP contribution in [0, 0.1) is 0 Å². The minimum absolute atomic E-state index is 0.233. The zero-order valence-corrected chi connectivity index (χ0v) is 18.5. The first kappa shape index (κ1) is 21.8. The number of anilines is 1. The zero-order chi connectivity index (χ0) is 21.9. The molecule has 2 aliphatic heterocycles. The molecular weight excluding hydrogens is 412 g/mol. The van der Waals surface area contributed by atoms with E-state index in [1.54, 1.807) is 0 Å². The highest BCUT2D eigenvalue weighted by Crippen LogP contribution is 2.34. The van der Waals surface area contributed by atoms with Gasteiger partial charge in [0.2, 0.25) is 15.9 Å². The lowest BCUT2D eigenvalue weighted by molar-refractivity contribution is -0.121. The number of hydrogen-bond donors (Lipinski definition) is 1. The van der Waals surface area contributed by atoms with Crippen molar-refractivity contribution in [2.45, 2.75) is 24.1 Å². The summed E-state index contributed by atoms with van der Waals surface area (Å²) in [4.78, 5) is 16.9. The van der Waals surface area contributed by atoms with E-state index in [0.29, 0.717) is 39.3 Å². The molecule has 0 aromatic heterocycles. The third-order valence-corrected chi connectivity index (χ3v) is 9.20. The molecule has 2 N–H and O–H groups in total. The highest BCUT2D eigenvalue weighted by atomic mass is 32.2. The van der Waals surface area contributed by atoms with Crippen molar-refractivity contribution >= 4 is 21.6 Å². The van der Waals surface area contributed by atoms with Crippen molar-refractivity contribution < 1.29 is 13.2 Å². The zero-order valence-electron chi connectivity index (χ0n) is 17.7. The molecule has 31 heavy (non-hydrogen) atoms. The van der Waals surface area contributed by atoms with Crippen LogP contribution >= 0.6 is 0 Å². The van der Waals surface area contributed by atoms with Crippen molar-refractivity contribution in [3.63, 3.8) is 0 Å². The fourth-order valence-electron chi connectivity index (χ4n) is 4.62. The van der Waals surface area contributed by atoms with Gasteiger partial charge in [-0.3, -0.25) is 9.69 Å². The van der Waals surface area contributed by atoms with Gasteiger partial charge < -0.3 is 10.6 Å². The summed E-state index contributed by atoms with van der Waals surface area (Å²) in [5, 5.41) is 0. The smallest absolute Gasteiger partial charge is 0.240 e. The first-order valence-corrected chi connectivity index (χ1v) is 12.2. The number of sulfonamides is 1. The molecule has 8 heteroatoms. The first-order valence-electron chi connectivity index (χ1n) is 10.8. The summed E-state index contributed by atoms with van der Waals surface area (Å²) in [6.07, 6.45) is 0.465. The van der Waals surface area contributed by atoms with Gasteiger partial charge in [-0.2, -0.15) is 4.31 Å². The molecule has 166 valence electrons. The van der Waals surface area contributed by atoms with Crippen LogP contribution in [-0.2, 0) is 21.4 Å². The van der Waals surface area contributed by atoms with Gasteiger partial charge in [0, 0.05) is 51.5 Å². The van der Waals surface area contributed by atoms with E-state index in [1.807, 2.05) is 48.5 Å². The molecule has 2 aromatic carbocycles. The Balaban J connectivity index is 1.44. The Labute approximate surface area is 184 Å². The van der Waals surface area contributed by atoms with Crippen molar-refractivity contribution in [2.75, 3.05) is 44.2 Å². The number of hydrogen-bond acceptors (Lipinski definition) is 5. The molecule has 2 heterocycles. The van der Waals surface area contributed by atoms with Crippen LogP contribution < -0.4 is 10.6 Å². The number of likely N-dealkylation sites (tertiary alicyclic amines) is 1. The molecule has 0 spiro atoms. The average molecular weight is 443 g/mol. The second kappa shape index (κ2) is 8.98. The second-order valence-electron chi connectivity index (χ2n) is 8.35. The molecule has 0 bridgehead atoms. The summed E-state index contributed by atoms with van der Waals surface area (Å²) < 4.78 is 27.2. The second-order valence-corrected chi connectivity index (χ2v) is 10.6. The van der Waals surface area contributed by atoms with Gasteiger partial charge in [0.1, 0.15) is 0 Å². The largest absolute Gasteiger partial charge is 0.369 e. The number of benzene rings is 2. The van der Waals surface area contributed by atoms with E-state index in [0.717, 1.165) is 12.2 Å². The van der Waals surface area contributed by atoms with Crippen molar-refractivity contribution in [1.29, 1.82) is 0 Å². The van der Waals surface area contributed by atoms with Crippen molar-refractivity contribution in [3.05, 3.63) is 66.2 Å². The quantitative estimate of drug-likeness (QED) is 0.735. The van der Waals surface area contributed by atoms with Crippen LogP contribution in [0.5, 0.6) is 0 Å². The molecule has 2 fully saturated rings. The standard InChI is InChI=1S/C23H30N4O3S/c24-22(28)23(11-13-25(14-12-23)19-20-7-3-1-4-8-20)31(29,30)27-17-15-26(16-18-27)21-9-5-2-6-10-21/h1-10H,11-19H2,(H2,24,28). The Hall–Kier alpha value is -2.42. The Kier molecular flexibility index (Phi) is 6.31. The highest BCUT2D eigenvalue weighted by Gasteiger charge is 2.53. The molecule has 2 aromatic rings. The minimum atomic E-state index is -3.84. The van der Waals surface area contributed by atoms with Gasteiger partial charge in [0.15, 0.2) is 4.75 Å². The van der Waals surface area contributed by atoms with Crippen LogP contribution in [0.2, 0.25) is 0 Å². The summed E-state index contributed by atoms with van der Waals surface area (Å²) in [5.41, 5.74) is 7.99. The number of rotatable bonds is 6. The number of primary amides is 1.